The van der Waals surface area contributed by atoms with Crippen LogP contribution in [-0.2, 0) is 4.79 Å². The van der Waals surface area contributed by atoms with Crippen molar-refractivity contribution in [2.24, 2.45) is 5.92 Å². The van der Waals surface area contributed by atoms with Gasteiger partial charge in [0, 0.05) is 12.1 Å². The molecule has 0 spiro atoms. The number of nitrogens with one attached hydrogen (secondary N) is 1. The van der Waals surface area contributed by atoms with Gasteiger partial charge in [0.15, 0.2) is 0 Å². The lowest BCUT2D eigenvalue weighted by molar-refractivity contribution is -0.119. The fourth-order valence-electron chi connectivity index (χ4n) is 1.72. The van der Waals surface area contributed by atoms with Gasteiger partial charge in [-0.1, -0.05) is 13.0 Å². The van der Waals surface area contributed by atoms with Crippen LogP contribution < -0.4 is 5.32 Å². The number of amides is 1. The molecule has 0 radical (unpaired) electrons. The number of carbonyl (C=O) groups is 1. The molecule has 0 saturated carbocycles. The summed E-state index contributed by atoms with van der Waals surface area (Å²) in [5, 5.41) is 19.8. The SMILES string of the molecule is CC(CC#N)C1=CCCC(NC(=O)CC#N)=C1. The first kappa shape index (κ1) is 13.0. The number of rotatable bonds is 4. The zero-order valence-corrected chi connectivity index (χ0v) is 9.86. The van der Waals surface area contributed by atoms with E-state index >= 15 is 0 Å². The molecule has 0 fully saturated rings. The molecule has 0 aliphatic heterocycles. The van der Waals surface area contributed by atoms with Gasteiger partial charge in [0.05, 0.1) is 12.1 Å². The lowest BCUT2D eigenvalue weighted by Crippen LogP contribution is -2.23. The van der Waals surface area contributed by atoms with Crippen LogP contribution in [0.2, 0.25) is 0 Å². The molecule has 0 aromatic rings. The number of hydrogen-bond donors (Lipinski definition) is 1. The summed E-state index contributed by atoms with van der Waals surface area (Å²) in [6, 6.07) is 3.95. The smallest absolute Gasteiger partial charge is 0.238 e. The summed E-state index contributed by atoms with van der Waals surface area (Å²) >= 11 is 0. The summed E-state index contributed by atoms with van der Waals surface area (Å²) in [7, 11) is 0. The minimum absolute atomic E-state index is 0.121. The predicted molar refractivity (Wildman–Crippen MR) is 63.2 cm³/mol. The Morgan fingerprint density at radius 3 is 2.94 bits per heavy atom. The summed E-state index contributed by atoms with van der Waals surface area (Å²) in [4.78, 5) is 11.3. The van der Waals surface area contributed by atoms with Crippen LogP contribution in [0, 0.1) is 28.6 Å². The molecular formula is C13H15N3O. The zero-order valence-electron chi connectivity index (χ0n) is 9.86. The van der Waals surface area contributed by atoms with Crippen LogP contribution in [0.5, 0.6) is 0 Å². The Kier molecular flexibility index (Phi) is 4.97. The molecule has 0 aromatic heterocycles. The van der Waals surface area contributed by atoms with Crippen molar-refractivity contribution in [3.63, 3.8) is 0 Å². The normalized spacial score (nSPS) is 15.9. The third kappa shape index (κ3) is 4.12. The summed E-state index contributed by atoms with van der Waals surface area (Å²) < 4.78 is 0. The second-order valence-electron chi connectivity index (χ2n) is 4.06. The van der Waals surface area contributed by atoms with E-state index in [1.54, 1.807) is 0 Å². The van der Waals surface area contributed by atoms with Gasteiger partial charge in [-0.3, -0.25) is 4.79 Å². The maximum absolute atomic E-state index is 11.3. The standard InChI is InChI=1S/C13H15N3O/c1-10(5-7-14)11-3-2-4-12(9-11)16-13(17)6-8-15/h3,9-10H,2,4-6H2,1H3,(H,16,17). The second-order valence-corrected chi connectivity index (χ2v) is 4.06. The highest BCUT2D eigenvalue weighted by Gasteiger charge is 2.12. The van der Waals surface area contributed by atoms with E-state index in [0.717, 1.165) is 24.1 Å². The maximum Gasteiger partial charge on any atom is 0.238 e. The number of nitrogens with zero attached hydrogens (tertiary/aromatic N) is 2. The largest absolute Gasteiger partial charge is 0.329 e. The van der Waals surface area contributed by atoms with Gasteiger partial charge in [0.1, 0.15) is 6.42 Å². The van der Waals surface area contributed by atoms with Crippen molar-refractivity contribution in [1.82, 2.24) is 5.32 Å². The van der Waals surface area contributed by atoms with Gasteiger partial charge in [0.2, 0.25) is 5.91 Å². The molecule has 1 atom stereocenters. The molecule has 88 valence electrons. The average molecular weight is 229 g/mol. The van der Waals surface area contributed by atoms with Gasteiger partial charge in [0.25, 0.3) is 0 Å². The molecule has 4 nitrogen and oxygen atoms in total. The topological polar surface area (TPSA) is 76.7 Å². The van der Waals surface area contributed by atoms with Crippen LogP contribution in [0.4, 0.5) is 0 Å². The van der Waals surface area contributed by atoms with Crippen LogP contribution in [0.15, 0.2) is 23.4 Å². The van der Waals surface area contributed by atoms with Crippen LogP contribution >= 0.6 is 0 Å². The van der Waals surface area contributed by atoms with Crippen LogP contribution in [-0.4, -0.2) is 5.91 Å². The molecule has 17 heavy (non-hydrogen) atoms. The highest BCUT2D eigenvalue weighted by atomic mass is 16.1. The van der Waals surface area contributed by atoms with Gasteiger partial charge in [-0.2, -0.15) is 10.5 Å². The average Bonchev–Trinajstić information content (AvgIpc) is 2.30. The maximum atomic E-state index is 11.3. The van der Waals surface area contributed by atoms with Crippen LogP contribution in [0.25, 0.3) is 0 Å². The molecule has 1 aliphatic carbocycles. The minimum Gasteiger partial charge on any atom is -0.329 e. The lowest BCUT2D eigenvalue weighted by Gasteiger charge is -2.17. The Morgan fingerprint density at radius 1 is 1.53 bits per heavy atom. The van der Waals surface area contributed by atoms with Gasteiger partial charge in [-0.25, -0.2) is 0 Å². The van der Waals surface area contributed by atoms with Gasteiger partial charge >= 0.3 is 0 Å². The first-order valence-electron chi connectivity index (χ1n) is 5.61. The monoisotopic (exact) mass is 229 g/mol. The summed E-state index contributed by atoms with van der Waals surface area (Å²) in [5.74, 6) is -0.0869. The fraction of sp³-hybridized carbons (Fsp3) is 0.462. The van der Waals surface area contributed by atoms with Crippen molar-refractivity contribution < 1.29 is 4.79 Å². The number of hydrogen-bond acceptors (Lipinski definition) is 3. The van der Waals surface area contributed by atoms with Crippen molar-refractivity contribution in [2.45, 2.75) is 32.6 Å². The molecule has 0 saturated heterocycles. The molecule has 0 bridgehead atoms. The Labute approximate surface area is 101 Å². The van der Waals surface area contributed by atoms with E-state index in [1.807, 2.05) is 19.1 Å². The lowest BCUT2D eigenvalue weighted by atomic mass is 9.92. The van der Waals surface area contributed by atoms with Crippen molar-refractivity contribution >= 4 is 5.91 Å². The molecule has 0 aromatic carbocycles. The van der Waals surface area contributed by atoms with Crippen molar-refractivity contribution in [3.8, 4) is 12.1 Å². The summed E-state index contributed by atoms with van der Waals surface area (Å²) in [6.45, 7) is 1.99. The molecule has 1 rings (SSSR count). The van der Waals surface area contributed by atoms with Gasteiger partial charge in [-0.15, -0.1) is 0 Å². The molecule has 1 aliphatic rings. The summed E-state index contributed by atoms with van der Waals surface area (Å²) in [5.41, 5.74) is 1.93. The van der Waals surface area contributed by atoms with Crippen LogP contribution in [0.1, 0.15) is 32.6 Å². The first-order valence-corrected chi connectivity index (χ1v) is 5.61. The Hall–Kier alpha value is -2.07. The van der Waals surface area contributed by atoms with E-state index in [0.29, 0.717) is 6.42 Å². The molecule has 4 heteroatoms. The van der Waals surface area contributed by atoms with E-state index in [1.165, 1.54) is 0 Å². The van der Waals surface area contributed by atoms with Crippen molar-refractivity contribution in [1.29, 1.82) is 10.5 Å². The quantitative estimate of drug-likeness (QED) is 0.802. The van der Waals surface area contributed by atoms with E-state index in [-0.39, 0.29) is 18.2 Å². The molecule has 1 amide bonds. The van der Waals surface area contributed by atoms with Crippen LogP contribution in [0.3, 0.4) is 0 Å². The second kappa shape index (κ2) is 6.50. The van der Waals surface area contributed by atoms with E-state index < -0.39 is 0 Å². The first-order chi connectivity index (χ1) is 8.17. The Morgan fingerprint density at radius 2 is 2.29 bits per heavy atom. The van der Waals surface area contributed by atoms with Crippen molar-refractivity contribution in [2.75, 3.05) is 0 Å². The van der Waals surface area contributed by atoms with Crippen molar-refractivity contribution in [3.05, 3.63) is 23.4 Å². The van der Waals surface area contributed by atoms with E-state index in [2.05, 4.69) is 17.5 Å². The molecule has 0 heterocycles. The predicted octanol–water partition coefficient (Wildman–Crippen LogP) is 2.17. The minimum atomic E-state index is -0.270. The third-order valence-electron chi connectivity index (χ3n) is 2.64. The number of allylic oxidation sites excluding steroid dienone is 4. The van der Waals surface area contributed by atoms with Gasteiger partial charge < -0.3 is 5.32 Å². The van der Waals surface area contributed by atoms with E-state index in [9.17, 15) is 4.79 Å². The summed E-state index contributed by atoms with van der Waals surface area (Å²) in [6.07, 6.45) is 6.01. The highest BCUT2D eigenvalue weighted by Crippen LogP contribution is 2.23. The molecular weight excluding hydrogens is 214 g/mol. The number of nitriles is 2. The van der Waals surface area contributed by atoms with E-state index in [4.69, 9.17) is 10.5 Å². The Balaban J connectivity index is 2.64. The number of carbonyl (C=O) groups excluding carboxylic acids is 1. The van der Waals surface area contributed by atoms with Gasteiger partial charge in [-0.05, 0) is 30.4 Å². The zero-order chi connectivity index (χ0) is 12.7. The molecule has 1 N–H and O–H groups in total. The highest BCUT2D eigenvalue weighted by molar-refractivity contribution is 5.79. The molecule has 1 unspecified atom stereocenters. The Bertz CT molecular complexity index is 435. The third-order valence-corrected chi connectivity index (χ3v) is 2.64. The fourth-order valence-corrected chi connectivity index (χ4v) is 1.72.